The van der Waals surface area contributed by atoms with E-state index < -0.39 is 0 Å². The smallest absolute Gasteiger partial charge is 0.240 e. The third-order valence-electron chi connectivity index (χ3n) is 3.22. The Balaban J connectivity index is 2.51. The monoisotopic (exact) mass is 214 g/mol. The average molecular weight is 214 g/mol. The van der Waals surface area contributed by atoms with Crippen molar-refractivity contribution >= 4 is 5.91 Å². The Labute approximate surface area is 92.0 Å². The highest BCUT2D eigenvalue weighted by molar-refractivity contribution is 5.82. The fraction of sp³-hybridized carbons (Fsp3) is 0.909. The van der Waals surface area contributed by atoms with Crippen LogP contribution in [0.15, 0.2) is 0 Å². The number of carbonyl (C=O) groups is 1. The van der Waals surface area contributed by atoms with E-state index in [2.05, 4.69) is 12.2 Å². The van der Waals surface area contributed by atoms with E-state index in [0.29, 0.717) is 12.5 Å². The van der Waals surface area contributed by atoms with Crippen LogP contribution >= 0.6 is 0 Å². The van der Waals surface area contributed by atoms with Crippen LogP contribution in [0.1, 0.15) is 20.3 Å². The summed E-state index contributed by atoms with van der Waals surface area (Å²) in [7, 11) is 3.50. The van der Waals surface area contributed by atoms with E-state index in [4.69, 9.17) is 4.74 Å². The van der Waals surface area contributed by atoms with E-state index in [9.17, 15) is 4.79 Å². The third-order valence-corrected chi connectivity index (χ3v) is 3.22. The molecule has 0 aliphatic carbocycles. The number of hydrogen-bond donors (Lipinski definition) is 1. The number of nitrogens with one attached hydrogen (secondary N) is 1. The van der Waals surface area contributed by atoms with Crippen molar-refractivity contribution in [3.8, 4) is 0 Å². The van der Waals surface area contributed by atoms with E-state index in [1.807, 2.05) is 14.0 Å². The van der Waals surface area contributed by atoms with Gasteiger partial charge < -0.3 is 15.0 Å². The quantitative estimate of drug-likeness (QED) is 0.740. The van der Waals surface area contributed by atoms with Gasteiger partial charge in [0.1, 0.15) is 0 Å². The zero-order valence-electron chi connectivity index (χ0n) is 10.1. The number of carbonyl (C=O) groups excluding carboxylic acids is 1. The molecular weight excluding hydrogens is 192 g/mol. The van der Waals surface area contributed by atoms with Crippen LogP contribution in [0.25, 0.3) is 0 Å². The van der Waals surface area contributed by atoms with Crippen molar-refractivity contribution in [2.45, 2.75) is 32.4 Å². The van der Waals surface area contributed by atoms with Crippen molar-refractivity contribution in [3.05, 3.63) is 0 Å². The van der Waals surface area contributed by atoms with E-state index in [0.717, 1.165) is 13.0 Å². The second-order valence-corrected chi connectivity index (χ2v) is 4.45. The highest BCUT2D eigenvalue weighted by Gasteiger charge is 2.32. The van der Waals surface area contributed by atoms with E-state index in [1.165, 1.54) is 0 Å². The first-order chi connectivity index (χ1) is 7.07. The number of amides is 1. The molecule has 1 heterocycles. The molecule has 0 aromatic heterocycles. The maximum atomic E-state index is 12.1. The predicted octanol–water partition coefficient (Wildman–Crippen LogP) is 0.478. The van der Waals surface area contributed by atoms with Gasteiger partial charge >= 0.3 is 0 Å². The zero-order valence-corrected chi connectivity index (χ0v) is 10.1. The summed E-state index contributed by atoms with van der Waals surface area (Å²) in [4.78, 5) is 13.9. The number of ether oxygens (including phenoxy) is 1. The molecule has 4 heteroatoms. The van der Waals surface area contributed by atoms with Gasteiger partial charge in [-0.3, -0.25) is 4.79 Å². The van der Waals surface area contributed by atoms with Crippen LogP contribution in [0, 0.1) is 5.92 Å². The number of methoxy groups -OCH3 is 1. The SMILES string of the molecule is COCC(C)N(C)C(=O)C1NCCC1C. The minimum absolute atomic E-state index is 0.00527. The lowest BCUT2D eigenvalue weighted by molar-refractivity contribution is -0.135. The Hall–Kier alpha value is -0.610. The Morgan fingerprint density at radius 2 is 2.33 bits per heavy atom. The summed E-state index contributed by atoms with van der Waals surface area (Å²) in [5, 5.41) is 3.25. The van der Waals surface area contributed by atoms with Gasteiger partial charge in [-0.05, 0) is 25.8 Å². The first kappa shape index (κ1) is 12.5. The molecule has 0 spiro atoms. The van der Waals surface area contributed by atoms with E-state index in [-0.39, 0.29) is 18.0 Å². The standard InChI is InChI=1S/C11H22N2O2/c1-8-5-6-12-10(8)11(14)13(3)9(2)7-15-4/h8-10,12H,5-7H2,1-4H3. The average Bonchev–Trinajstić information content (AvgIpc) is 2.62. The van der Waals surface area contributed by atoms with Crippen molar-refractivity contribution in [2.24, 2.45) is 5.92 Å². The fourth-order valence-corrected chi connectivity index (χ4v) is 1.95. The van der Waals surface area contributed by atoms with Crippen molar-refractivity contribution in [3.63, 3.8) is 0 Å². The molecule has 4 nitrogen and oxygen atoms in total. The number of likely N-dealkylation sites (N-methyl/N-ethyl adjacent to an activating group) is 1. The number of rotatable bonds is 4. The molecule has 1 aliphatic heterocycles. The van der Waals surface area contributed by atoms with Crippen LogP contribution in [0.3, 0.4) is 0 Å². The first-order valence-corrected chi connectivity index (χ1v) is 5.57. The van der Waals surface area contributed by atoms with Crippen LogP contribution in [-0.4, -0.2) is 50.2 Å². The third kappa shape index (κ3) is 2.92. The van der Waals surface area contributed by atoms with Crippen LogP contribution in [0.5, 0.6) is 0 Å². The molecule has 0 radical (unpaired) electrons. The van der Waals surface area contributed by atoms with Gasteiger partial charge in [0, 0.05) is 14.2 Å². The lowest BCUT2D eigenvalue weighted by Crippen LogP contribution is -2.48. The molecule has 0 bridgehead atoms. The summed E-state index contributed by atoms with van der Waals surface area (Å²) in [5.41, 5.74) is 0. The molecule has 1 saturated heterocycles. The van der Waals surface area contributed by atoms with Crippen LogP contribution in [0.4, 0.5) is 0 Å². The normalized spacial score (nSPS) is 27.7. The second kappa shape index (κ2) is 5.47. The molecule has 0 saturated carbocycles. The van der Waals surface area contributed by atoms with Crippen molar-refractivity contribution in [1.82, 2.24) is 10.2 Å². The summed E-state index contributed by atoms with van der Waals surface area (Å²) in [6.07, 6.45) is 1.09. The molecule has 3 atom stereocenters. The van der Waals surface area contributed by atoms with E-state index >= 15 is 0 Å². The van der Waals surface area contributed by atoms with Gasteiger partial charge in [-0.2, -0.15) is 0 Å². The van der Waals surface area contributed by atoms with Crippen LogP contribution < -0.4 is 5.32 Å². The summed E-state index contributed by atoms with van der Waals surface area (Å²) >= 11 is 0. The highest BCUT2D eigenvalue weighted by atomic mass is 16.5. The second-order valence-electron chi connectivity index (χ2n) is 4.45. The molecule has 1 N–H and O–H groups in total. The maximum Gasteiger partial charge on any atom is 0.240 e. The minimum Gasteiger partial charge on any atom is -0.383 e. The predicted molar refractivity (Wildman–Crippen MR) is 59.7 cm³/mol. The van der Waals surface area contributed by atoms with Gasteiger partial charge in [0.25, 0.3) is 0 Å². The van der Waals surface area contributed by atoms with Gasteiger partial charge in [0.15, 0.2) is 0 Å². The largest absolute Gasteiger partial charge is 0.383 e. The van der Waals surface area contributed by atoms with Gasteiger partial charge in [0.05, 0.1) is 18.7 Å². The molecular formula is C11H22N2O2. The minimum atomic E-state index is -0.00527. The Morgan fingerprint density at radius 1 is 1.67 bits per heavy atom. The van der Waals surface area contributed by atoms with Crippen molar-refractivity contribution < 1.29 is 9.53 Å². The molecule has 1 fully saturated rings. The van der Waals surface area contributed by atoms with Crippen LogP contribution in [0.2, 0.25) is 0 Å². The topological polar surface area (TPSA) is 41.6 Å². The molecule has 0 aromatic rings. The lowest BCUT2D eigenvalue weighted by atomic mass is 10.0. The summed E-state index contributed by atoms with van der Waals surface area (Å²) < 4.78 is 5.05. The Morgan fingerprint density at radius 3 is 2.80 bits per heavy atom. The molecule has 1 rings (SSSR count). The number of nitrogens with zero attached hydrogens (tertiary/aromatic N) is 1. The Bertz CT molecular complexity index is 221. The number of hydrogen-bond acceptors (Lipinski definition) is 3. The van der Waals surface area contributed by atoms with Gasteiger partial charge in [-0.1, -0.05) is 6.92 Å². The lowest BCUT2D eigenvalue weighted by Gasteiger charge is -2.28. The zero-order chi connectivity index (χ0) is 11.4. The van der Waals surface area contributed by atoms with Crippen molar-refractivity contribution in [2.75, 3.05) is 27.3 Å². The summed E-state index contributed by atoms with van der Waals surface area (Å²) in [5.74, 6) is 0.624. The highest BCUT2D eigenvalue weighted by Crippen LogP contribution is 2.16. The molecule has 3 unspecified atom stereocenters. The summed E-state index contributed by atoms with van der Waals surface area (Å²) in [6.45, 7) is 5.66. The van der Waals surface area contributed by atoms with Gasteiger partial charge in [-0.15, -0.1) is 0 Å². The molecule has 0 aromatic carbocycles. The molecule has 1 amide bonds. The molecule has 15 heavy (non-hydrogen) atoms. The van der Waals surface area contributed by atoms with Crippen molar-refractivity contribution in [1.29, 1.82) is 0 Å². The molecule has 88 valence electrons. The molecule has 1 aliphatic rings. The first-order valence-electron chi connectivity index (χ1n) is 5.57. The Kier molecular flexibility index (Phi) is 4.54. The van der Waals surface area contributed by atoms with Gasteiger partial charge in [-0.25, -0.2) is 0 Å². The fourth-order valence-electron chi connectivity index (χ4n) is 1.95. The maximum absolute atomic E-state index is 12.1. The van der Waals surface area contributed by atoms with E-state index in [1.54, 1.807) is 12.0 Å². The summed E-state index contributed by atoms with van der Waals surface area (Å²) in [6, 6.07) is 0.131. The van der Waals surface area contributed by atoms with Crippen LogP contribution in [-0.2, 0) is 9.53 Å². The van der Waals surface area contributed by atoms with Gasteiger partial charge in [0.2, 0.25) is 5.91 Å².